The highest BCUT2D eigenvalue weighted by Gasteiger charge is 2.64. The molecular weight excluding hydrogens is 493 g/mol. The van der Waals surface area contributed by atoms with Crippen LogP contribution in [0.4, 0.5) is 13.2 Å². The van der Waals surface area contributed by atoms with Gasteiger partial charge in [0.1, 0.15) is 6.10 Å². The van der Waals surface area contributed by atoms with Crippen LogP contribution in [0, 0.1) is 40.4 Å². The molecule has 206 valence electrons. The SMILES string of the molecule is CC(=O)N1N=C2[C@H](C[C@H]3[C@@H]4CC[C@H]5C[C@@H](OC(=O)C(F)(F)F)CC[C@]5(C)[C@H]4CC[C@]23C)[C@H]1c1ccccc1. The van der Waals surface area contributed by atoms with Crippen molar-refractivity contribution >= 4 is 17.6 Å². The Morgan fingerprint density at radius 2 is 1.74 bits per heavy atom. The Morgan fingerprint density at radius 1 is 1.00 bits per heavy atom. The van der Waals surface area contributed by atoms with Crippen LogP contribution in [0.15, 0.2) is 35.4 Å². The van der Waals surface area contributed by atoms with Crippen LogP contribution < -0.4 is 0 Å². The van der Waals surface area contributed by atoms with Crippen LogP contribution in [0.3, 0.4) is 0 Å². The molecule has 0 aromatic heterocycles. The van der Waals surface area contributed by atoms with Gasteiger partial charge in [0.05, 0.1) is 11.8 Å². The van der Waals surface area contributed by atoms with Crippen LogP contribution in [-0.4, -0.2) is 34.9 Å². The van der Waals surface area contributed by atoms with Crippen molar-refractivity contribution in [2.24, 2.45) is 45.5 Å². The summed E-state index contributed by atoms with van der Waals surface area (Å²) in [4.78, 5) is 24.1. The molecule has 5 aliphatic rings. The summed E-state index contributed by atoms with van der Waals surface area (Å²) in [7, 11) is 0. The minimum absolute atomic E-state index is 0.0226. The molecule has 0 spiro atoms. The fraction of sp³-hybridized carbons (Fsp3) is 0.700. The fourth-order valence-electron chi connectivity index (χ4n) is 9.53. The molecule has 1 aromatic carbocycles. The molecule has 0 unspecified atom stereocenters. The summed E-state index contributed by atoms with van der Waals surface area (Å²) >= 11 is 0. The molecule has 0 radical (unpaired) electrons. The van der Waals surface area contributed by atoms with Gasteiger partial charge in [-0.25, -0.2) is 9.80 Å². The van der Waals surface area contributed by atoms with E-state index in [9.17, 15) is 22.8 Å². The van der Waals surface area contributed by atoms with E-state index >= 15 is 0 Å². The standard InChI is InChI=1S/C30H37F3N2O3/c1-17(36)35-25(18-7-5-4-6-8-18)22-16-24-21-10-9-19-15-20(38-27(37)30(31,32)33)11-13-28(19,2)23(21)12-14-29(24,3)26(22)34-35/h4-8,19-25H,9-16H2,1-3H3/t19-,20-,21+,22+,23-,24-,25+,28-,29-/m0/s1. The number of hydrogen-bond donors (Lipinski definition) is 0. The second-order valence-electron chi connectivity index (χ2n) is 13.0. The Bertz CT molecular complexity index is 1150. The quantitative estimate of drug-likeness (QED) is 0.401. The first-order valence-corrected chi connectivity index (χ1v) is 14.1. The maximum absolute atomic E-state index is 12.8. The number of alkyl halides is 3. The van der Waals surface area contributed by atoms with Crippen molar-refractivity contribution in [3.63, 3.8) is 0 Å². The Hall–Kier alpha value is -2.38. The second kappa shape index (κ2) is 8.82. The topological polar surface area (TPSA) is 59.0 Å². The summed E-state index contributed by atoms with van der Waals surface area (Å²) in [6.45, 7) is 6.30. The number of nitrogens with zero attached hydrogens (tertiary/aromatic N) is 2. The smallest absolute Gasteiger partial charge is 0.456 e. The van der Waals surface area contributed by atoms with E-state index in [-0.39, 0.29) is 34.6 Å². The molecule has 1 aromatic rings. The largest absolute Gasteiger partial charge is 0.490 e. The number of fused-ring (bicyclic) bond motifs is 7. The zero-order valence-electron chi connectivity index (χ0n) is 22.3. The summed E-state index contributed by atoms with van der Waals surface area (Å²) in [5.74, 6) is -0.0417. The third-order valence-corrected chi connectivity index (χ3v) is 11.3. The lowest BCUT2D eigenvalue weighted by molar-refractivity contribution is -0.210. The molecule has 0 saturated heterocycles. The summed E-state index contributed by atoms with van der Waals surface area (Å²) in [5, 5.41) is 6.73. The van der Waals surface area contributed by atoms with E-state index in [1.54, 1.807) is 11.9 Å². The molecule has 5 nitrogen and oxygen atoms in total. The highest BCUT2D eigenvalue weighted by Crippen LogP contribution is 2.68. The van der Waals surface area contributed by atoms with Gasteiger partial charge in [-0.3, -0.25) is 4.79 Å². The van der Waals surface area contributed by atoms with Crippen LogP contribution in [0.25, 0.3) is 0 Å². The van der Waals surface area contributed by atoms with Gasteiger partial charge in [0.25, 0.3) is 0 Å². The van der Waals surface area contributed by atoms with E-state index in [4.69, 9.17) is 9.84 Å². The summed E-state index contributed by atoms with van der Waals surface area (Å²) in [6.07, 6.45) is 1.37. The molecule has 1 heterocycles. The third kappa shape index (κ3) is 3.83. The van der Waals surface area contributed by atoms with Gasteiger partial charge in [0.2, 0.25) is 5.91 Å². The number of hydrogen-bond acceptors (Lipinski definition) is 4. The highest BCUT2D eigenvalue weighted by atomic mass is 19.4. The predicted molar refractivity (Wildman–Crippen MR) is 136 cm³/mol. The van der Waals surface area contributed by atoms with E-state index in [0.717, 1.165) is 44.1 Å². The Balaban J connectivity index is 1.24. The lowest BCUT2D eigenvalue weighted by Crippen LogP contribution is -2.54. The van der Waals surface area contributed by atoms with Crippen molar-refractivity contribution < 1.29 is 27.5 Å². The van der Waals surface area contributed by atoms with Crippen molar-refractivity contribution in [2.75, 3.05) is 0 Å². The minimum atomic E-state index is -4.94. The van der Waals surface area contributed by atoms with Gasteiger partial charge >= 0.3 is 12.1 Å². The summed E-state index contributed by atoms with van der Waals surface area (Å²) < 4.78 is 43.3. The van der Waals surface area contributed by atoms with Crippen LogP contribution >= 0.6 is 0 Å². The van der Waals surface area contributed by atoms with E-state index in [1.807, 2.05) is 18.2 Å². The van der Waals surface area contributed by atoms with E-state index in [0.29, 0.717) is 30.6 Å². The first-order valence-electron chi connectivity index (χ1n) is 14.1. The lowest BCUT2D eigenvalue weighted by atomic mass is 9.45. The van der Waals surface area contributed by atoms with Crippen molar-refractivity contribution in [1.82, 2.24) is 5.01 Å². The van der Waals surface area contributed by atoms with Crippen LogP contribution in [-0.2, 0) is 14.3 Å². The molecule has 4 aliphatic carbocycles. The molecule has 38 heavy (non-hydrogen) atoms. The molecular formula is C30H37F3N2O3. The zero-order chi connectivity index (χ0) is 27.0. The molecule has 1 aliphatic heterocycles. The molecule has 1 amide bonds. The van der Waals surface area contributed by atoms with Crippen LogP contribution in [0.1, 0.15) is 83.7 Å². The molecule has 4 fully saturated rings. The number of rotatable bonds is 2. The van der Waals surface area contributed by atoms with Gasteiger partial charge in [-0.1, -0.05) is 44.2 Å². The molecule has 8 heteroatoms. The summed E-state index contributed by atoms with van der Waals surface area (Å²) in [6, 6.07) is 10.2. The fourth-order valence-corrected chi connectivity index (χ4v) is 9.53. The number of carbonyl (C=O) groups is 2. The second-order valence-corrected chi connectivity index (χ2v) is 13.0. The first-order chi connectivity index (χ1) is 17.9. The monoisotopic (exact) mass is 530 g/mol. The molecule has 6 rings (SSSR count). The van der Waals surface area contributed by atoms with Gasteiger partial charge < -0.3 is 4.74 Å². The number of ether oxygens (including phenoxy) is 1. The number of esters is 1. The van der Waals surface area contributed by atoms with Crippen molar-refractivity contribution in [3.05, 3.63) is 35.9 Å². The number of benzene rings is 1. The Labute approximate surface area is 222 Å². The maximum Gasteiger partial charge on any atom is 0.490 e. The number of carbonyl (C=O) groups excluding carboxylic acids is 2. The lowest BCUT2D eigenvalue weighted by Gasteiger charge is -2.60. The van der Waals surface area contributed by atoms with Crippen LogP contribution in [0.2, 0.25) is 0 Å². The van der Waals surface area contributed by atoms with E-state index < -0.39 is 18.2 Å². The zero-order valence-corrected chi connectivity index (χ0v) is 22.3. The average Bonchev–Trinajstić information content (AvgIpc) is 3.39. The van der Waals surface area contributed by atoms with Crippen molar-refractivity contribution in [2.45, 2.75) is 90.5 Å². The Morgan fingerprint density at radius 3 is 2.42 bits per heavy atom. The number of amides is 1. The van der Waals surface area contributed by atoms with Gasteiger partial charge in [-0.15, -0.1) is 0 Å². The molecule has 0 N–H and O–H groups in total. The van der Waals surface area contributed by atoms with E-state index in [2.05, 4.69) is 26.0 Å². The number of hydrazone groups is 1. The molecule has 4 saturated carbocycles. The molecule has 9 atom stereocenters. The van der Waals surface area contributed by atoms with Gasteiger partial charge in [0, 0.05) is 18.3 Å². The van der Waals surface area contributed by atoms with Crippen LogP contribution in [0.5, 0.6) is 0 Å². The highest BCUT2D eigenvalue weighted by molar-refractivity contribution is 5.98. The minimum Gasteiger partial charge on any atom is -0.456 e. The molecule has 0 bridgehead atoms. The predicted octanol–water partition coefficient (Wildman–Crippen LogP) is 6.69. The van der Waals surface area contributed by atoms with Crippen molar-refractivity contribution in [3.8, 4) is 0 Å². The van der Waals surface area contributed by atoms with E-state index in [1.165, 1.54) is 5.71 Å². The van der Waals surface area contributed by atoms with Crippen molar-refractivity contribution in [1.29, 1.82) is 0 Å². The van der Waals surface area contributed by atoms with Gasteiger partial charge in [-0.2, -0.15) is 18.3 Å². The van der Waals surface area contributed by atoms with Gasteiger partial charge in [0.15, 0.2) is 0 Å². The summed E-state index contributed by atoms with van der Waals surface area (Å²) in [5.41, 5.74) is 2.34. The average molecular weight is 531 g/mol. The van der Waals surface area contributed by atoms with Gasteiger partial charge in [-0.05, 0) is 86.0 Å². The Kier molecular flexibility index (Phi) is 6.00. The maximum atomic E-state index is 12.8. The normalized spacial score (nSPS) is 41.9. The third-order valence-electron chi connectivity index (χ3n) is 11.3. The number of halogens is 3. The first kappa shape index (κ1) is 25.9.